The Morgan fingerprint density at radius 1 is 0.692 bits per heavy atom. The number of aliphatic imine (C=N–C) groups is 2. The third kappa shape index (κ3) is 2.45. The number of hydrogen-bond donors (Lipinski definition) is 1. The van der Waals surface area contributed by atoms with Crippen LogP contribution in [0.25, 0.3) is 21.5 Å². The van der Waals surface area contributed by atoms with Gasteiger partial charge in [-0.15, -0.1) is 0 Å². The molecule has 124 valence electrons. The molecular weight excluding hydrogens is 318 g/mol. The van der Waals surface area contributed by atoms with E-state index in [1.807, 2.05) is 18.2 Å². The quantitative estimate of drug-likeness (QED) is 0.510. The van der Waals surface area contributed by atoms with E-state index in [-0.39, 0.29) is 6.17 Å². The minimum absolute atomic E-state index is 0.117. The molecule has 1 atom stereocenters. The lowest BCUT2D eigenvalue weighted by atomic mass is 9.96. The van der Waals surface area contributed by atoms with Gasteiger partial charge in [0, 0.05) is 5.56 Å². The van der Waals surface area contributed by atoms with E-state index in [2.05, 4.69) is 77.0 Å². The first-order chi connectivity index (χ1) is 12.9. The molecule has 3 heteroatoms. The van der Waals surface area contributed by atoms with E-state index in [0.717, 1.165) is 17.0 Å². The summed E-state index contributed by atoms with van der Waals surface area (Å²) in [5, 5.41) is 8.11. The van der Waals surface area contributed by atoms with Crippen molar-refractivity contribution in [2.75, 3.05) is 0 Å². The zero-order valence-electron chi connectivity index (χ0n) is 14.1. The molecule has 0 radical (unpaired) electrons. The standard InChI is InChI=1S/C23H17N3/c1-2-8-16(9-3-1)22-24-15-25-23(26-22)21-14-17-10-4-5-11-18(17)19-12-6-7-13-20(19)21/h1-15,22H,(H,24,25,26). The van der Waals surface area contributed by atoms with E-state index in [9.17, 15) is 0 Å². The van der Waals surface area contributed by atoms with Crippen LogP contribution < -0.4 is 5.32 Å². The summed E-state index contributed by atoms with van der Waals surface area (Å²) in [5.74, 6) is 0.763. The fourth-order valence-corrected chi connectivity index (χ4v) is 3.55. The van der Waals surface area contributed by atoms with Gasteiger partial charge in [0.1, 0.15) is 6.17 Å². The molecule has 1 heterocycles. The molecule has 0 aromatic heterocycles. The third-order valence-electron chi connectivity index (χ3n) is 4.79. The molecule has 4 aromatic carbocycles. The van der Waals surface area contributed by atoms with E-state index in [0.29, 0.717) is 0 Å². The van der Waals surface area contributed by atoms with Crippen molar-refractivity contribution in [2.45, 2.75) is 6.17 Å². The first-order valence-corrected chi connectivity index (χ1v) is 8.72. The van der Waals surface area contributed by atoms with Crippen LogP contribution in [0, 0.1) is 0 Å². The Balaban J connectivity index is 1.73. The average Bonchev–Trinajstić information content (AvgIpc) is 2.74. The highest BCUT2D eigenvalue weighted by Gasteiger charge is 2.17. The zero-order chi connectivity index (χ0) is 17.3. The Kier molecular flexibility index (Phi) is 3.49. The summed E-state index contributed by atoms with van der Waals surface area (Å²) < 4.78 is 0. The first kappa shape index (κ1) is 14.8. The minimum Gasteiger partial charge on any atom is -0.351 e. The lowest BCUT2D eigenvalue weighted by Crippen LogP contribution is -2.24. The summed E-state index contributed by atoms with van der Waals surface area (Å²) in [4.78, 5) is 9.43. The average molecular weight is 335 g/mol. The number of nitrogens with zero attached hydrogens (tertiary/aromatic N) is 2. The fourth-order valence-electron chi connectivity index (χ4n) is 3.55. The van der Waals surface area contributed by atoms with Gasteiger partial charge in [-0.05, 0) is 33.2 Å². The van der Waals surface area contributed by atoms with Crippen LogP contribution in [0.3, 0.4) is 0 Å². The number of benzene rings is 4. The molecule has 1 unspecified atom stereocenters. The van der Waals surface area contributed by atoms with Crippen molar-refractivity contribution in [1.29, 1.82) is 0 Å². The topological polar surface area (TPSA) is 36.8 Å². The molecule has 0 spiro atoms. The molecule has 0 bridgehead atoms. The second kappa shape index (κ2) is 6.12. The summed E-state index contributed by atoms with van der Waals surface area (Å²) in [7, 11) is 0. The normalized spacial score (nSPS) is 16.5. The van der Waals surface area contributed by atoms with E-state index in [1.54, 1.807) is 6.34 Å². The van der Waals surface area contributed by atoms with Crippen LogP contribution in [-0.2, 0) is 0 Å². The van der Waals surface area contributed by atoms with Crippen molar-refractivity contribution < 1.29 is 0 Å². The third-order valence-corrected chi connectivity index (χ3v) is 4.79. The Hall–Kier alpha value is -3.46. The predicted molar refractivity (Wildman–Crippen MR) is 109 cm³/mol. The van der Waals surface area contributed by atoms with E-state index < -0.39 is 0 Å². The van der Waals surface area contributed by atoms with Crippen LogP contribution >= 0.6 is 0 Å². The highest BCUT2D eigenvalue weighted by molar-refractivity contribution is 6.19. The maximum Gasteiger partial charge on any atom is 0.159 e. The molecule has 0 saturated carbocycles. The van der Waals surface area contributed by atoms with Crippen LogP contribution in [0.5, 0.6) is 0 Å². The Morgan fingerprint density at radius 3 is 2.23 bits per heavy atom. The molecule has 4 aromatic rings. The maximum atomic E-state index is 4.89. The van der Waals surface area contributed by atoms with Crippen LogP contribution in [-0.4, -0.2) is 12.2 Å². The molecule has 1 N–H and O–H groups in total. The molecule has 0 saturated heterocycles. The fraction of sp³-hybridized carbons (Fsp3) is 0.0435. The number of rotatable bonds is 2. The Morgan fingerprint density at radius 2 is 1.38 bits per heavy atom. The highest BCUT2D eigenvalue weighted by Crippen LogP contribution is 2.30. The summed E-state index contributed by atoms with van der Waals surface area (Å²) in [6.45, 7) is 0. The second-order valence-corrected chi connectivity index (χ2v) is 6.38. The van der Waals surface area contributed by atoms with Crippen molar-refractivity contribution in [3.63, 3.8) is 0 Å². The summed E-state index contributed by atoms with van der Waals surface area (Å²) in [6, 6.07) is 29.4. The molecule has 0 aliphatic carbocycles. The smallest absolute Gasteiger partial charge is 0.159 e. The molecular formula is C23H17N3. The largest absolute Gasteiger partial charge is 0.351 e. The van der Waals surface area contributed by atoms with Gasteiger partial charge >= 0.3 is 0 Å². The summed E-state index contributed by atoms with van der Waals surface area (Å²) >= 11 is 0. The van der Waals surface area contributed by atoms with Gasteiger partial charge in [0.15, 0.2) is 5.84 Å². The van der Waals surface area contributed by atoms with Gasteiger partial charge in [-0.3, -0.25) is 0 Å². The molecule has 0 amide bonds. The Labute approximate surface area is 151 Å². The van der Waals surface area contributed by atoms with E-state index in [4.69, 9.17) is 4.99 Å². The van der Waals surface area contributed by atoms with Crippen molar-refractivity contribution in [3.8, 4) is 0 Å². The molecule has 3 nitrogen and oxygen atoms in total. The van der Waals surface area contributed by atoms with Gasteiger partial charge in [0.05, 0.1) is 6.34 Å². The van der Waals surface area contributed by atoms with Crippen molar-refractivity contribution in [2.24, 2.45) is 9.98 Å². The van der Waals surface area contributed by atoms with Crippen LogP contribution in [0.2, 0.25) is 0 Å². The van der Waals surface area contributed by atoms with Crippen LogP contribution in [0.4, 0.5) is 0 Å². The molecule has 1 aliphatic heterocycles. The lowest BCUT2D eigenvalue weighted by molar-refractivity contribution is 0.684. The number of hydrogen-bond acceptors (Lipinski definition) is 3. The van der Waals surface area contributed by atoms with Gasteiger partial charge in [0.25, 0.3) is 0 Å². The summed E-state index contributed by atoms with van der Waals surface area (Å²) in [6.07, 6.45) is 1.64. The predicted octanol–water partition coefficient (Wildman–Crippen LogP) is 5.07. The maximum absolute atomic E-state index is 4.89. The van der Waals surface area contributed by atoms with Crippen molar-refractivity contribution >= 4 is 33.7 Å². The van der Waals surface area contributed by atoms with Gasteiger partial charge in [-0.25, -0.2) is 9.98 Å². The minimum atomic E-state index is -0.117. The van der Waals surface area contributed by atoms with Gasteiger partial charge < -0.3 is 5.32 Å². The van der Waals surface area contributed by atoms with E-state index >= 15 is 0 Å². The van der Waals surface area contributed by atoms with Gasteiger partial charge in [-0.2, -0.15) is 0 Å². The van der Waals surface area contributed by atoms with Crippen molar-refractivity contribution in [3.05, 3.63) is 96.1 Å². The van der Waals surface area contributed by atoms with Gasteiger partial charge in [0.2, 0.25) is 0 Å². The van der Waals surface area contributed by atoms with Gasteiger partial charge in [-0.1, -0.05) is 78.9 Å². The van der Waals surface area contributed by atoms with Crippen molar-refractivity contribution in [1.82, 2.24) is 5.32 Å². The Bertz CT molecular complexity index is 1160. The van der Waals surface area contributed by atoms with Crippen LogP contribution in [0.15, 0.2) is 94.9 Å². The lowest BCUT2D eigenvalue weighted by Gasteiger charge is -2.19. The molecule has 1 aliphatic rings. The summed E-state index contributed by atoms with van der Waals surface area (Å²) in [5.41, 5.74) is 2.19. The number of nitrogens with one attached hydrogen (secondary N) is 1. The number of amidine groups is 1. The first-order valence-electron chi connectivity index (χ1n) is 8.72. The molecule has 0 fully saturated rings. The van der Waals surface area contributed by atoms with E-state index in [1.165, 1.54) is 21.5 Å². The molecule has 5 rings (SSSR count). The second-order valence-electron chi connectivity index (χ2n) is 6.38. The number of fused-ring (bicyclic) bond motifs is 3. The zero-order valence-corrected chi connectivity index (χ0v) is 14.1. The molecule has 26 heavy (non-hydrogen) atoms. The monoisotopic (exact) mass is 335 g/mol. The van der Waals surface area contributed by atoms with Crippen LogP contribution in [0.1, 0.15) is 17.3 Å². The highest BCUT2D eigenvalue weighted by atomic mass is 15.2. The SMILES string of the molecule is C1=NC(c2cc3ccccc3c3ccccc23)=NC(c2ccccc2)N1.